The van der Waals surface area contributed by atoms with Gasteiger partial charge in [0.25, 0.3) is 0 Å². The Balaban J connectivity index is 1.08. The number of rotatable bonds is 6. The highest BCUT2D eigenvalue weighted by Gasteiger charge is 2.26. The van der Waals surface area contributed by atoms with Gasteiger partial charge in [-0.15, -0.1) is 0 Å². The molecule has 1 atom stereocenters. The van der Waals surface area contributed by atoms with Crippen molar-refractivity contribution in [3.05, 3.63) is 47.5 Å². The number of nitrogens with one attached hydrogen (secondary N) is 1. The summed E-state index contributed by atoms with van der Waals surface area (Å²) in [5.74, 6) is 3.17. The van der Waals surface area contributed by atoms with E-state index < -0.39 is 0 Å². The second-order valence-electron chi connectivity index (χ2n) is 8.08. The molecule has 2 aromatic rings. The van der Waals surface area contributed by atoms with Gasteiger partial charge in [-0.05, 0) is 42.3 Å². The summed E-state index contributed by atoms with van der Waals surface area (Å²) in [4.78, 5) is 17.3. The second kappa shape index (κ2) is 8.64. The molecule has 1 amide bonds. The van der Waals surface area contributed by atoms with Crippen LogP contribution < -0.4 is 24.3 Å². The number of carbonyl (C=O) groups is 1. The Hall–Kier alpha value is -2.97. The first-order valence-corrected chi connectivity index (χ1v) is 10.7. The van der Waals surface area contributed by atoms with E-state index in [-0.39, 0.29) is 18.7 Å². The maximum absolute atomic E-state index is 12.7. The van der Waals surface area contributed by atoms with Crippen LogP contribution in [-0.4, -0.2) is 61.5 Å². The first-order chi connectivity index (χ1) is 15.2. The van der Waals surface area contributed by atoms with Gasteiger partial charge >= 0.3 is 0 Å². The van der Waals surface area contributed by atoms with Crippen LogP contribution in [0.5, 0.6) is 23.0 Å². The Kier molecular flexibility index (Phi) is 5.57. The molecule has 5 rings (SSSR count). The van der Waals surface area contributed by atoms with Crippen LogP contribution in [0.15, 0.2) is 36.4 Å². The number of carbonyl (C=O) groups excluding carboxylic acids is 1. The van der Waals surface area contributed by atoms with E-state index in [4.69, 9.17) is 18.9 Å². The van der Waals surface area contributed by atoms with E-state index in [0.717, 1.165) is 61.3 Å². The minimum atomic E-state index is -0.165. The minimum absolute atomic E-state index is 0.0434. The van der Waals surface area contributed by atoms with Crippen LogP contribution in [-0.2, 0) is 17.9 Å². The Morgan fingerprint density at radius 2 is 1.45 bits per heavy atom. The number of piperazine rings is 1. The second-order valence-corrected chi connectivity index (χ2v) is 8.08. The van der Waals surface area contributed by atoms with Gasteiger partial charge in [-0.3, -0.25) is 14.6 Å². The van der Waals surface area contributed by atoms with Crippen molar-refractivity contribution in [1.82, 2.24) is 15.1 Å². The molecule has 2 aromatic carbocycles. The van der Waals surface area contributed by atoms with Crippen molar-refractivity contribution in [2.24, 2.45) is 0 Å². The first kappa shape index (κ1) is 20.0. The summed E-state index contributed by atoms with van der Waals surface area (Å²) in [5.41, 5.74) is 2.21. The summed E-state index contributed by atoms with van der Waals surface area (Å²) in [6.07, 6.45) is 0. The molecule has 3 aliphatic heterocycles. The van der Waals surface area contributed by atoms with Gasteiger partial charge in [-0.25, -0.2) is 0 Å². The zero-order valence-corrected chi connectivity index (χ0v) is 17.6. The predicted molar refractivity (Wildman–Crippen MR) is 113 cm³/mol. The molecule has 0 spiro atoms. The van der Waals surface area contributed by atoms with Crippen LogP contribution in [0.4, 0.5) is 0 Å². The number of hydrogen-bond acceptors (Lipinski definition) is 7. The van der Waals surface area contributed by atoms with Crippen molar-refractivity contribution in [3.63, 3.8) is 0 Å². The molecule has 1 fully saturated rings. The maximum Gasteiger partial charge on any atom is 0.237 e. The fraction of sp³-hybridized carbons (Fsp3) is 0.435. The van der Waals surface area contributed by atoms with Gasteiger partial charge in [-0.1, -0.05) is 12.1 Å². The summed E-state index contributed by atoms with van der Waals surface area (Å²) in [6.45, 7) is 7.45. The van der Waals surface area contributed by atoms with E-state index >= 15 is 0 Å². The topological polar surface area (TPSA) is 72.5 Å². The number of nitrogens with zero attached hydrogens (tertiary/aromatic N) is 2. The Labute approximate surface area is 181 Å². The van der Waals surface area contributed by atoms with Gasteiger partial charge in [0, 0.05) is 39.3 Å². The quantitative estimate of drug-likeness (QED) is 0.759. The highest BCUT2D eigenvalue weighted by molar-refractivity contribution is 5.81. The monoisotopic (exact) mass is 425 g/mol. The Morgan fingerprint density at radius 3 is 2.13 bits per heavy atom. The summed E-state index contributed by atoms with van der Waals surface area (Å²) in [5, 5.41) is 3.05. The molecule has 8 nitrogen and oxygen atoms in total. The van der Waals surface area contributed by atoms with E-state index in [1.54, 1.807) is 0 Å². The Morgan fingerprint density at radius 1 is 0.871 bits per heavy atom. The third kappa shape index (κ3) is 4.40. The molecular formula is C23H27N3O5. The minimum Gasteiger partial charge on any atom is -0.454 e. The lowest BCUT2D eigenvalue weighted by Gasteiger charge is -2.37. The van der Waals surface area contributed by atoms with E-state index in [1.165, 1.54) is 5.56 Å². The van der Waals surface area contributed by atoms with Crippen LogP contribution in [0, 0.1) is 0 Å². The van der Waals surface area contributed by atoms with Crippen molar-refractivity contribution in [2.45, 2.75) is 26.1 Å². The molecule has 1 saturated heterocycles. The van der Waals surface area contributed by atoms with Gasteiger partial charge in [0.05, 0.1) is 6.04 Å². The SMILES string of the molecule is C[C@@H](C(=O)NCc1ccc2c(c1)OCO2)N1CCN(Cc2ccc3c(c2)OCO3)CC1. The van der Waals surface area contributed by atoms with Crippen LogP contribution in [0.25, 0.3) is 0 Å². The molecule has 3 heterocycles. The number of fused-ring (bicyclic) bond motifs is 2. The van der Waals surface area contributed by atoms with Crippen LogP contribution in [0.1, 0.15) is 18.1 Å². The number of ether oxygens (including phenoxy) is 4. The molecule has 0 bridgehead atoms. The molecule has 8 heteroatoms. The molecule has 31 heavy (non-hydrogen) atoms. The number of amides is 1. The highest BCUT2D eigenvalue weighted by atomic mass is 16.7. The summed E-state index contributed by atoms with van der Waals surface area (Å²) >= 11 is 0. The van der Waals surface area contributed by atoms with E-state index in [0.29, 0.717) is 13.3 Å². The largest absolute Gasteiger partial charge is 0.454 e. The van der Waals surface area contributed by atoms with Crippen LogP contribution in [0.3, 0.4) is 0 Å². The zero-order chi connectivity index (χ0) is 21.2. The molecule has 164 valence electrons. The van der Waals surface area contributed by atoms with E-state index in [1.807, 2.05) is 31.2 Å². The zero-order valence-electron chi connectivity index (χ0n) is 17.6. The molecular weight excluding hydrogens is 398 g/mol. The predicted octanol–water partition coefficient (Wildman–Crippen LogP) is 1.97. The molecule has 0 unspecified atom stereocenters. The summed E-state index contributed by atoms with van der Waals surface area (Å²) < 4.78 is 21.6. The van der Waals surface area contributed by atoms with Crippen LogP contribution >= 0.6 is 0 Å². The average molecular weight is 425 g/mol. The number of benzene rings is 2. The third-order valence-corrected chi connectivity index (χ3v) is 6.08. The number of hydrogen-bond donors (Lipinski definition) is 1. The van der Waals surface area contributed by atoms with Crippen molar-refractivity contribution in [3.8, 4) is 23.0 Å². The van der Waals surface area contributed by atoms with Gasteiger partial charge in [0.1, 0.15) is 0 Å². The van der Waals surface area contributed by atoms with Crippen molar-refractivity contribution >= 4 is 5.91 Å². The maximum atomic E-state index is 12.7. The lowest BCUT2D eigenvalue weighted by Crippen LogP contribution is -2.53. The standard InChI is InChI=1S/C23H27N3O5/c1-16(23(27)24-12-17-2-4-19-21(10-17)30-14-28-19)26-8-6-25(7-9-26)13-18-3-5-20-22(11-18)31-15-29-20/h2-5,10-11,16H,6-9,12-15H2,1H3,(H,24,27)/t16-/m0/s1. The van der Waals surface area contributed by atoms with Gasteiger partial charge < -0.3 is 24.3 Å². The lowest BCUT2D eigenvalue weighted by molar-refractivity contribution is -0.126. The fourth-order valence-electron chi connectivity index (χ4n) is 4.16. The van der Waals surface area contributed by atoms with Crippen molar-refractivity contribution in [2.75, 3.05) is 39.8 Å². The summed E-state index contributed by atoms with van der Waals surface area (Å²) in [6, 6.07) is 11.7. The van der Waals surface area contributed by atoms with Gasteiger partial charge in [-0.2, -0.15) is 0 Å². The van der Waals surface area contributed by atoms with E-state index in [2.05, 4.69) is 27.2 Å². The molecule has 3 aliphatic rings. The van der Waals surface area contributed by atoms with Crippen molar-refractivity contribution in [1.29, 1.82) is 0 Å². The fourth-order valence-corrected chi connectivity index (χ4v) is 4.16. The van der Waals surface area contributed by atoms with Gasteiger partial charge in [0.2, 0.25) is 19.5 Å². The first-order valence-electron chi connectivity index (χ1n) is 10.7. The van der Waals surface area contributed by atoms with Crippen molar-refractivity contribution < 1.29 is 23.7 Å². The normalized spacial score (nSPS) is 18.7. The van der Waals surface area contributed by atoms with E-state index in [9.17, 15) is 4.79 Å². The third-order valence-electron chi connectivity index (χ3n) is 6.08. The molecule has 1 N–H and O–H groups in total. The molecule has 0 radical (unpaired) electrons. The molecule has 0 aromatic heterocycles. The van der Waals surface area contributed by atoms with Crippen LogP contribution in [0.2, 0.25) is 0 Å². The lowest BCUT2D eigenvalue weighted by atomic mass is 10.1. The molecule has 0 saturated carbocycles. The Bertz CT molecular complexity index is 958. The summed E-state index contributed by atoms with van der Waals surface area (Å²) in [7, 11) is 0. The molecule has 0 aliphatic carbocycles. The average Bonchev–Trinajstić information content (AvgIpc) is 3.46. The van der Waals surface area contributed by atoms with Gasteiger partial charge in [0.15, 0.2) is 23.0 Å². The highest BCUT2D eigenvalue weighted by Crippen LogP contribution is 2.33. The smallest absolute Gasteiger partial charge is 0.237 e.